The predicted molar refractivity (Wildman–Crippen MR) is 78.6 cm³/mol. The molecular weight excluding hydrogens is 298 g/mol. The molecule has 2 amide bonds. The first-order valence-electron chi connectivity index (χ1n) is 6.08. The highest BCUT2D eigenvalue weighted by molar-refractivity contribution is 7.11. The van der Waals surface area contributed by atoms with E-state index < -0.39 is 0 Å². The Morgan fingerprint density at radius 3 is 3.05 bits per heavy atom. The zero-order valence-electron chi connectivity index (χ0n) is 10.5. The van der Waals surface area contributed by atoms with Crippen LogP contribution < -0.4 is 10.1 Å². The molecule has 0 atom stereocenters. The topological polar surface area (TPSA) is 54.5 Å². The number of thiazole rings is 1. The number of halogens is 1. The maximum absolute atomic E-state index is 12.0. The van der Waals surface area contributed by atoms with Gasteiger partial charge in [0.1, 0.15) is 6.10 Å². The first-order chi connectivity index (χ1) is 9.70. The number of anilines is 1. The molecular formula is C13H12ClN3O2S. The molecule has 0 spiro atoms. The van der Waals surface area contributed by atoms with Gasteiger partial charge in [0, 0.05) is 22.3 Å². The lowest BCUT2D eigenvalue weighted by Gasteiger charge is -2.38. The van der Waals surface area contributed by atoms with Gasteiger partial charge in [-0.1, -0.05) is 29.0 Å². The summed E-state index contributed by atoms with van der Waals surface area (Å²) in [4.78, 5) is 17.7. The summed E-state index contributed by atoms with van der Waals surface area (Å²) in [7, 11) is 0. The van der Waals surface area contributed by atoms with Crippen LogP contribution in [0.2, 0.25) is 5.02 Å². The van der Waals surface area contributed by atoms with Gasteiger partial charge in [-0.2, -0.15) is 0 Å². The third kappa shape index (κ3) is 3.02. The van der Waals surface area contributed by atoms with Crippen molar-refractivity contribution in [3.05, 3.63) is 40.9 Å². The quantitative estimate of drug-likeness (QED) is 0.948. The van der Waals surface area contributed by atoms with E-state index in [0.717, 1.165) is 0 Å². The number of likely N-dealkylation sites (tertiary alicyclic amines) is 1. The van der Waals surface area contributed by atoms with E-state index in [1.54, 1.807) is 35.4 Å². The molecule has 2 aromatic rings. The van der Waals surface area contributed by atoms with Crippen molar-refractivity contribution in [2.75, 3.05) is 18.4 Å². The van der Waals surface area contributed by atoms with E-state index in [2.05, 4.69) is 10.3 Å². The number of carbonyl (C=O) groups excluding carboxylic acids is 1. The predicted octanol–water partition coefficient (Wildman–Crippen LogP) is 3.09. The number of nitrogens with zero attached hydrogens (tertiary/aromatic N) is 2. The number of benzene rings is 1. The zero-order chi connectivity index (χ0) is 13.9. The van der Waals surface area contributed by atoms with Crippen molar-refractivity contribution >= 4 is 34.7 Å². The summed E-state index contributed by atoms with van der Waals surface area (Å²) in [5.41, 5.74) is 0.687. The minimum Gasteiger partial charge on any atom is -0.463 e. The van der Waals surface area contributed by atoms with E-state index in [1.807, 2.05) is 5.38 Å². The number of hydrogen-bond acceptors (Lipinski definition) is 4. The fourth-order valence-electron chi connectivity index (χ4n) is 1.86. The van der Waals surface area contributed by atoms with Crippen LogP contribution in [0.5, 0.6) is 5.19 Å². The molecule has 20 heavy (non-hydrogen) atoms. The number of ether oxygens (including phenoxy) is 1. The highest BCUT2D eigenvalue weighted by Gasteiger charge is 2.32. The standard InChI is InChI=1S/C13H12ClN3O2S/c14-9-2-1-3-10(6-9)16-12(18)17-7-11(8-17)19-13-15-4-5-20-13/h1-6,11H,7-8H2,(H,16,18). The van der Waals surface area contributed by atoms with Crippen LogP contribution in [0.3, 0.4) is 0 Å². The molecule has 1 aromatic heterocycles. The number of rotatable bonds is 3. The molecule has 1 aromatic carbocycles. The van der Waals surface area contributed by atoms with Crippen molar-refractivity contribution in [3.63, 3.8) is 0 Å². The average Bonchev–Trinajstić information content (AvgIpc) is 2.86. The lowest BCUT2D eigenvalue weighted by Crippen LogP contribution is -2.57. The zero-order valence-corrected chi connectivity index (χ0v) is 12.0. The van der Waals surface area contributed by atoms with Gasteiger partial charge in [-0.05, 0) is 18.2 Å². The number of nitrogens with one attached hydrogen (secondary N) is 1. The Labute approximate surface area is 125 Å². The largest absolute Gasteiger partial charge is 0.463 e. The SMILES string of the molecule is O=C(Nc1cccc(Cl)c1)N1CC(Oc2nccs2)C1. The Kier molecular flexibility index (Phi) is 3.75. The van der Waals surface area contributed by atoms with Crippen LogP contribution in [0, 0.1) is 0 Å². The van der Waals surface area contributed by atoms with Crippen molar-refractivity contribution in [2.24, 2.45) is 0 Å². The summed E-state index contributed by atoms with van der Waals surface area (Å²) in [6.07, 6.45) is 1.72. The van der Waals surface area contributed by atoms with Crippen LogP contribution in [-0.4, -0.2) is 35.1 Å². The van der Waals surface area contributed by atoms with E-state index >= 15 is 0 Å². The molecule has 104 valence electrons. The molecule has 1 aliphatic rings. The van der Waals surface area contributed by atoms with Gasteiger partial charge in [0.25, 0.3) is 5.19 Å². The van der Waals surface area contributed by atoms with Crippen LogP contribution in [0.4, 0.5) is 10.5 Å². The molecule has 0 saturated carbocycles. The van der Waals surface area contributed by atoms with Gasteiger partial charge < -0.3 is 15.0 Å². The van der Waals surface area contributed by atoms with Gasteiger partial charge in [0.05, 0.1) is 13.1 Å². The Hall–Kier alpha value is -1.79. The third-order valence-corrected chi connectivity index (χ3v) is 3.78. The summed E-state index contributed by atoms with van der Waals surface area (Å²) < 4.78 is 5.60. The molecule has 1 saturated heterocycles. The summed E-state index contributed by atoms with van der Waals surface area (Å²) in [5, 5.41) is 5.89. The smallest absolute Gasteiger partial charge is 0.322 e. The summed E-state index contributed by atoms with van der Waals surface area (Å²) in [6.45, 7) is 1.12. The molecule has 5 nitrogen and oxygen atoms in total. The van der Waals surface area contributed by atoms with Crippen LogP contribution >= 0.6 is 22.9 Å². The minimum atomic E-state index is -0.147. The van der Waals surface area contributed by atoms with Crippen LogP contribution in [0.25, 0.3) is 0 Å². The van der Waals surface area contributed by atoms with Gasteiger partial charge in [0.15, 0.2) is 0 Å². The lowest BCUT2D eigenvalue weighted by atomic mass is 10.2. The van der Waals surface area contributed by atoms with E-state index in [4.69, 9.17) is 16.3 Å². The number of hydrogen-bond donors (Lipinski definition) is 1. The van der Waals surface area contributed by atoms with Crippen LogP contribution in [-0.2, 0) is 0 Å². The Morgan fingerprint density at radius 2 is 2.35 bits per heavy atom. The van der Waals surface area contributed by atoms with E-state index in [1.165, 1.54) is 11.3 Å². The fraction of sp³-hybridized carbons (Fsp3) is 0.231. The fourth-order valence-corrected chi connectivity index (χ4v) is 2.60. The van der Waals surface area contributed by atoms with Gasteiger partial charge in [0.2, 0.25) is 0 Å². The Morgan fingerprint density at radius 1 is 1.50 bits per heavy atom. The van der Waals surface area contributed by atoms with E-state index in [-0.39, 0.29) is 12.1 Å². The molecule has 2 heterocycles. The van der Waals surface area contributed by atoms with E-state index in [9.17, 15) is 4.79 Å². The number of amides is 2. The molecule has 0 radical (unpaired) electrons. The van der Waals surface area contributed by atoms with Crippen molar-refractivity contribution in [1.82, 2.24) is 9.88 Å². The Bertz CT molecular complexity index is 599. The molecule has 0 bridgehead atoms. The van der Waals surface area contributed by atoms with Crippen molar-refractivity contribution in [1.29, 1.82) is 0 Å². The second kappa shape index (κ2) is 5.68. The van der Waals surface area contributed by atoms with E-state index in [0.29, 0.717) is 29.0 Å². The molecule has 1 fully saturated rings. The maximum Gasteiger partial charge on any atom is 0.322 e. The first-order valence-corrected chi connectivity index (χ1v) is 7.34. The van der Waals surface area contributed by atoms with Crippen molar-refractivity contribution in [3.8, 4) is 5.19 Å². The van der Waals surface area contributed by atoms with Crippen LogP contribution in [0.15, 0.2) is 35.8 Å². The molecule has 0 aliphatic carbocycles. The highest BCUT2D eigenvalue weighted by atomic mass is 35.5. The average molecular weight is 310 g/mol. The van der Waals surface area contributed by atoms with Gasteiger partial charge in [-0.25, -0.2) is 9.78 Å². The third-order valence-electron chi connectivity index (χ3n) is 2.89. The summed E-state index contributed by atoms with van der Waals surface area (Å²) in [5.74, 6) is 0. The normalized spacial score (nSPS) is 14.8. The molecule has 0 unspecified atom stereocenters. The lowest BCUT2D eigenvalue weighted by molar-refractivity contribution is 0.0491. The van der Waals surface area contributed by atoms with Crippen molar-refractivity contribution < 1.29 is 9.53 Å². The molecule has 3 rings (SSSR count). The monoisotopic (exact) mass is 309 g/mol. The molecule has 1 N–H and O–H groups in total. The molecule has 7 heteroatoms. The van der Waals surface area contributed by atoms with Crippen molar-refractivity contribution in [2.45, 2.75) is 6.10 Å². The minimum absolute atomic E-state index is 0.0197. The first kappa shape index (κ1) is 13.2. The summed E-state index contributed by atoms with van der Waals surface area (Å²) >= 11 is 7.32. The van der Waals surface area contributed by atoms with Crippen LogP contribution in [0.1, 0.15) is 0 Å². The number of aromatic nitrogens is 1. The number of carbonyl (C=O) groups is 1. The van der Waals surface area contributed by atoms with Gasteiger partial charge >= 0.3 is 6.03 Å². The molecule has 1 aliphatic heterocycles. The Balaban J connectivity index is 1.48. The maximum atomic E-state index is 12.0. The van der Waals surface area contributed by atoms with Gasteiger partial charge in [-0.3, -0.25) is 0 Å². The van der Waals surface area contributed by atoms with Gasteiger partial charge in [-0.15, -0.1) is 0 Å². The second-order valence-electron chi connectivity index (χ2n) is 4.38. The number of urea groups is 1. The second-order valence-corrected chi connectivity index (χ2v) is 5.68. The summed E-state index contributed by atoms with van der Waals surface area (Å²) in [6, 6.07) is 6.92. The highest BCUT2D eigenvalue weighted by Crippen LogP contribution is 2.21.